The molecule has 0 atom stereocenters. The summed E-state index contributed by atoms with van der Waals surface area (Å²) in [7, 11) is 1.66. The number of hydrogen-bond donors (Lipinski definition) is 0. The fourth-order valence-electron chi connectivity index (χ4n) is 2.40. The Kier molecular flexibility index (Phi) is 4.40. The van der Waals surface area contributed by atoms with Gasteiger partial charge in [-0.1, -0.05) is 11.6 Å². The third-order valence-corrected chi connectivity index (χ3v) is 3.94. The first kappa shape index (κ1) is 16.3. The van der Waals surface area contributed by atoms with Crippen molar-refractivity contribution in [2.24, 2.45) is 0 Å². The van der Waals surface area contributed by atoms with Gasteiger partial charge in [0.05, 0.1) is 23.8 Å². The second-order valence-electron chi connectivity index (χ2n) is 5.60. The fraction of sp³-hybridized carbons (Fsp3) is 0.235. The van der Waals surface area contributed by atoms with Gasteiger partial charge in [0.25, 0.3) is 5.56 Å². The molecule has 0 unspecified atom stereocenters. The summed E-state index contributed by atoms with van der Waals surface area (Å²) in [5, 5.41) is 0.845. The molecule has 124 valence electrons. The van der Waals surface area contributed by atoms with Crippen LogP contribution in [0.5, 0.6) is 0 Å². The quantitative estimate of drug-likeness (QED) is 0.729. The van der Waals surface area contributed by atoms with Crippen molar-refractivity contribution in [2.75, 3.05) is 7.05 Å². The zero-order valence-electron chi connectivity index (χ0n) is 13.3. The fourth-order valence-corrected chi connectivity index (χ4v) is 2.57. The number of carbonyl (C=O) groups excluding carboxylic acids is 1. The number of likely N-dealkylation sites (N-methyl/N-ethyl adjacent to an activating group) is 1. The number of fused-ring (bicyclic) bond motifs is 1. The molecule has 0 bridgehead atoms. The van der Waals surface area contributed by atoms with E-state index in [9.17, 15) is 9.59 Å². The van der Waals surface area contributed by atoms with Crippen molar-refractivity contribution < 1.29 is 9.21 Å². The van der Waals surface area contributed by atoms with Gasteiger partial charge in [-0.05, 0) is 37.3 Å². The molecule has 1 amide bonds. The number of aromatic nitrogens is 2. The molecule has 0 aliphatic rings. The number of aryl methyl sites for hydroxylation is 1. The normalized spacial score (nSPS) is 11.0. The zero-order chi connectivity index (χ0) is 17.3. The highest BCUT2D eigenvalue weighted by molar-refractivity contribution is 6.31. The van der Waals surface area contributed by atoms with E-state index in [0.717, 1.165) is 5.76 Å². The van der Waals surface area contributed by atoms with Crippen molar-refractivity contribution in [3.63, 3.8) is 0 Å². The van der Waals surface area contributed by atoms with E-state index in [1.807, 2.05) is 19.1 Å². The molecule has 0 radical (unpaired) electrons. The molecule has 24 heavy (non-hydrogen) atoms. The van der Waals surface area contributed by atoms with Gasteiger partial charge >= 0.3 is 0 Å². The Labute approximate surface area is 143 Å². The van der Waals surface area contributed by atoms with Gasteiger partial charge in [-0.2, -0.15) is 0 Å². The molecular formula is C17H16ClN3O3. The highest BCUT2D eigenvalue weighted by atomic mass is 35.5. The van der Waals surface area contributed by atoms with Crippen molar-refractivity contribution in [1.29, 1.82) is 0 Å². The van der Waals surface area contributed by atoms with Gasteiger partial charge < -0.3 is 9.32 Å². The Morgan fingerprint density at radius 3 is 2.83 bits per heavy atom. The van der Waals surface area contributed by atoms with Crippen LogP contribution in [-0.4, -0.2) is 27.4 Å². The smallest absolute Gasteiger partial charge is 0.261 e. The molecule has 7 heteroatoms. The summed E-state index contributed by atoms with van der Waals surface area (Å²) < 4.78 is 6.74. The predicted molar refractivity (Wildman–Crippen MR) is 90.9 cm³/mol. The minimum absolute atomic E-state index is 0.0928. The SMILES string of the molecule is Cc1ccc(CN(C)C(=O)Cn2cnc3ccc(Cl)cc3c2=O)o1. The number of rotatable bonds is 4. The van der Waals surface area contributed by atoms with E-state index < -0.39 is 0 Å². The number of nitrogens with zero attached hydrogens (tertiary/aromatic N) is 3. The van der Waals surface area contributed by atoms with Crippen molar-refractivity contribution in [2.45, 2.75) is 20.0 Å². The standard InChI is InChI=1S/C17H16ClN3O3/c1-11-3-5-13(24-11)8-20(2)16(22)9-21-10-19-15-6-4-12(18)7-14(15)17(21)23/h3-7,10H,8-9H2,1-2H3. The highest BCUT2D eigenvalue weighted by Crippen LogP contribution is 2.14. The van der Waals surface area contributed by atoms with Crippen LogP contribution in [0.4, 0.5) is 0 Å². The van der Waals surface area contributed by atoms with Gasteiger partial charge in [0.1, 0.15) is 18.1 Å². The van der Waals surface area contributed by atoms with Gasteiger partial charge in [0.2, 0.25) is 5.91 Å². The van der Waals surface area contributed by atoms with Crippen LogP contribution in [0.3, 0.4) is 0 Å². The predicted octanol–water partition coefficient (Wildman–Crippen LogP) is 2.61. The summed E-state index contributed by atoms with van der Waals surface area (Å²) in [6.07, 6.45) is 1.38. The second-order valence-corrected chi connectivity index (χ2v) is 6.04. The lowest BCUT2D eigenvalue weighted by molar-refractivity contribution is -0.131. The number of furan rings is 1. The first-order valence-corrected chi connectivity index (χ1v) is 7.76. The third-order valence-electron chi connectivity index (χ3n) is 3.71. The molecule has 0 saturated heterocycles. The number of benzene rings is 1. The average molecular weight is 346 g/mol. The lowest BCUT2D eigenvalue weighted by Gasteiger charge is -2.16. The van der Waals surface area contributed by atoms with E-state index in [2.05, 4.69) is 4.98 Å². The number of halogens is 1. The van der Waals surface area contributed by atoms with Crippen LogP contribution in [0, 0.1) is 6.92 Å². The molecule has 0 spiro atoms. The summed E-state index contributed by atoms with van der Waals surface area (Å²) in [6, 6.07) is 8.57. The minimum atomic E-state index is -0.293. The van der Waals surface area contributed by atoms with Crippen LogP contribution in [0.15, 0.2) is 45.9 Å². The van der Waals surface area contributed by atoms with E-state index in [1.54, 1.807) is 25.2 Å². The molecule has 0 aliphatic carbocycles. The Balaban J connectivity index is 1.80. The summed E-state index contributed by atoms with van der Waals surface area (Å²) in [6.45, 7) is 2.09. The second kappa shape index (κ2) is 6.49. The van der Waals surface area contributed by atoms with Crippen molar-refractivity contribution in [1.82, 2.24) is 14.5 Å². The van der Waals surface area contributed by atoms with Crippen LogP contribution in [-0.2, 0) is 17.9 Å². The van der Waals surface area contributed by atoms with Gasteiger partial charge in [0.15, 0.2) is 0 Å². The Morgan fingerprint density at radius 2 is 2.12 bits per heavy atom. The van der Waals surface area contributed by atoms with Crippen LogP contribution >= 0.6 is 11.6 Å². The first-order chi connectivity index (χ1) is 11.4. The van der Waals surface area contributed by atoms with E-state index in [1.165, 1.54) is 15.8 Å². The van der Waals surface area contributed by atoms with Crippen molar-refractivity contribution in [3.8, 4) is 0 Å². The van der Waals surface area contributed by atoms with Crippen molar-refractivity contribution >= 4 is 28.4 Å². The topological polar surface area (TPSA) is 68.3 Å². The maximum absolute atomic E-state index is 12.5. The number of amides is 1. The molecule has 6 nitrogen and oxygen atoms in total. The van der Waals surface area contributed by atoms with Gasteiger partial charge in [-0.25, -0.2) is 4.98 Å². The Hall–Kier alpha value is -2.60. The zero-order valence-corrected chi connectivity index (χ0v) is 14.1. The molecular weight excluding hydrogens is 330 g/mol. The third kappa shape index (κ3) is 3.33. The highest BCUT2D eigenvalue weighted by Gasteiger charge is 2.14. The first-order valence-electron chi connectivity index (χ1n) is 7.38. The van der Waals surface area contributed by atoms with Crippen LogP contribution < -0.4 is 5.56 Å². The lowest BCUT2D eigenvalue weighted by Crippen LogP contribution is -2.33. The number of carbonyl (C=O) groups is 1. The Bertz CT molecular complexity index is 961. The summed E-state index contributed by atoms with van der Waals surface area (Å²) in [5.41, 5.74) is 0.255. The molecule has 1 aromatic carbocycles. The van der Waals surface area contributed by atoms with Crippen LogP contribution in [0.2, 0.25) is 5.02 Å². The summed E-state index contributed by atoms with van der Waals surface area (Å²) in [5.74, 6) is 1.27. The van der Waals surface area contributed by atoms with Crippen molar-refractivity contribution in [3.05, 3.63) is 63.6 Å². The summed E-state index contributed by atoms with van der Waals surface area (Å²) >= 11 is 5.93. The average Bonchev–Trinajstić information content (AvgIpc) is 2.95. The van der Waals surface area contributed by atoms with Gasteiger partial charge in [-0.3, -0.25) is 14.2 Å². The molecule has 0 fully saturated rings. The van der Waals surface area contributed by atoms with Gasteiger partial charge in [-0.15, -0.1) is 0 Å². The maximum atomic E-state index is 12.5. The Morgan fingerprint density at radius 1 is 1.33 bits per heavy atom. The molecule has 3 aromatic rings. The van der Waals surface area contributed by atoms with Crippen LogP contribution in [0.1, 0.15) is 11.5 Å². The molecule has 2 heterocycles. The maximum Gasteiger partial charge on any atom is 0.261 e. The van der Waals surface area contributed by atoms with E-state index >= 15 is 0 Å². The van der Waals surface area contributed by atoms with E-state index in [0.29, 0.717) is 28.2 Å². The van der Waals surface area contributed by atoms with Gasteiger partial charge in [0, 0.05) is 12.1 Å². The molecule has 0 N–H and O–H groups in total. The minimum Gasteiger partial charge on any atom is -0.464 e. The number of hydrogen-bond acceptors (Lipinski definition) is 4. The molecule has 2 aromatic heterocycles. The summed E-state index contributed by atoms with van der Waals surface area (Å²) in [4.78, 5) is 30.5. The molecule has 0 saturated carbocycles. The molecule has 0 aliphatic heterocycles. The van der Waals surface area contributed by atoms with Crippen LogP contribution in [0.25, 0.3) is 10.9 Å². The largest absolute Gasteiger partial charge is 0.464 e. The molecule has 3 rings (SSSR count). The van der Waals surface area contributed by atoms with E-state index in [-0.39, 0.29) is 18.0 Å². The lowest BCUT2D eigenvalue weighted by atomic mass is 10.2. The van der Waals surface area contributed by atoms with E-state index in [4.69, 9.17) is 16.0 Å². The monoisotopic (exact) mass is 345 g/mol.